The van der Waals surface area contributed by atoms with Gasteiger partial charge in [-0.1, -0.05) is 27.7 Å². The number of hydrogen-bond donors (Lipinski definition) is 1. The van der Waals surface area contributed by atoms with Gasteiger partial charge in [-0.2, -0.15) is 0 Å². The molecule has 2 fully saturated rings. The molecule has 0 aliphatic heterocycles. The first kappa shape index (κ1) is 16.9. The van der Waals surface area contributed by atoms with E-state index >= 15 is 0 Å². The Bertz CT molecular complexity index is 390. The molecule has 2 aliphatic rings. The number of allylic oxidation sites excluding steroid dienone is 1. The molecule has 0 aromatic rings. The first-order chi connectivity index (χ1) is 9.15. The van der Waals surface area contributed by atoms with Crippen LogP contribution in [0.2, 0.25) is 0 Å². The van der Waals surface area contributed by atoms with Crippen molar-refractivity contribution < 1.29 is 14.7 Å². The highest BCUT2D eigenvalue weighted by Gasteiger charge is 2.29. The van der Waals surface area contributed by atoms with E-state index in [9.17, 15) is 9.59 Å². The van der Waals surface area contributed by atoms with Gasteiger partial charge in [0.15, 0.2) is 5.78 Å². The van der Waals surface area contributed by atoms with Gasteiger partial charge >= 0.3 is 0 Å². The van der Waals surface area contributed by atoms with Gasteiger partial charge in [0.25, 0.3) is 0 Å². The van der Waals surface area contributed by atoms with Crippen molar-refractivity contribution in [3.05, 3.63) is 11.8 Å². The predicted molar refractivity (Wildman–Crippen MR) is 80.6 cm³/mol. The fraction of sp³-hybridized carbons (Fsp3) is 0.765. The van der Waals surface area contributed by atoms with Crippen LogP contribution in [0.4, 0.5) is 0 Å². The molecular formula is C17H28O3. The third-order valence-electron chi connectivity index (χ3n) is 4.37. The van der Waals surface area contributed by atoms with Crippen molar-refractivity contribution in [2.45, 2.75) is 72.6 Å². The summed E-state index contributed by atoms with van der Waals surface area (Å²) in [4.78, 5) is 21.8. The lowest BCUT2D eigenvalue weighted by atomic mass is 9.75. The summed E-state index contributed by atoms with van der Waals surface area (Å²) < 4.78 is 0. The number of carbonyl (C=O) groups excluding carboxylic acids is 2. The highest BCUT2D eigenvalue weighted by atomic mass is 16.2. The molecular weight excluding hydrogens is 252 g/mol. The lowest BCUT2D eigenvalue weighted by molar-refractivity contribution is -0.122. The van der Waals surface area contributed by atoms with Crippen LogP contribution in [0.15, 0.2) is 11.8 Å². The Morgan fingerprint density at radius 1 is 0.900 bits per heavy atom. The minimum atomic E-state index is 0.104. The van der Waals surface area contributed by atoms with Crippen molar-refractivity contribution in [2.75, 3.05) is 0 Å². The van der Waals surface area contributed by atoms with E-state index in [0.717, 1.165) is 38.4 Å². The highest BCUT2D eigenvalue weighted by molar-refractivity contribution is 5.95. The average molecular weight is 280 g/mol. The van der Waals surface area contributed by atoms with E-state index in [4.69, 9.17) is 5.11 Å². The highest BCUT2D eigenvalue weighted by Crippen LogP contribution is 2.36. The van der Waals surface area contributed by atoms with Gasteiger partial charge < -0.3 is 5.11 Å². The number of rotatable bonds is 0. The van der Waals surface area contributed by atoms with Crippen LogP contribution in [0, 0.1) is 10.8 Å². The molecule has 0 aromatic heterocycles. The molecule has 0 bridgehead atoms. The van der Waals surface area contributed by atoms with Crippen LogP contribution in [0.25, 0.3) is 0 Å². The number of Topliss-reactive ketones (excluding diaryl/α,β-unsaturated/α-hetero) is 2. The number of hydrogen-bond acceptors (Lipinski definition) is 3. The van der Waals surface area contributed by atoms with E-state index in [1.54, 1.807) is 0 Å². The van der Waals surface area contributed by atoms with E-state index < -0.39 is 0 Å². The largest absolute Gasteiger partial charge is 0.515 e. The topological polar surface area (TPSA) is 54.4 Å². The first-order valence-corrected chi connectivity index (χ1v) is 7.53. The fourth-order valence-corrected chi connectivity index (χ4v) is 2.64. The maximum Gasteiger partial charge on any atom is 0.161 e. The van der Waals surface area contributed by atoms with Gasteiger partial charge in [0, 0.05) is 24.8 Å². The van der Waals surface area contributed by atoms with Gasteiger partial charge in [0.05, 0.1) is 6.26 Å². The lowest BCUT2D eigenvalue weighted by Crippen LogP contribution is -2.23. The predicted octanol–water partition coefficient (Wildman–Crippen LogP) is 4.36. The number of aliphatic hydroxyl groups excluding tert-OH is 1. The van der Waals surface area contributed by atoms with Gasteiger partial charge in [0.2, 0.25) is 0 Å². The lowest BCUT2D eigenvalue weighted by Gasteiger charge is -2.29. The van der Waals surface area contributed by atoms with Gasteiger partial charge in [-0.25, -0.2) is 0 Å². The molecule has 0 saturated heterocycles. The molecule has 0 atom stereocenters. The van der Waals surface area contributed by atoms with E-state index in [1.165, 1.54) is 0 Å². The SMILES string of the molecule is CC1(C)CCC(=O)C(=CO)C1.CC1(C)CCC(=O)CC1. The minimum absolute atomic E-state index is 0.104. The Morgan fingerprint density at radius 3 is 1.80 bits per heavy atom. The molecule has 114 valence electrons. The van der Waals surface area contributed by atoms with Gasteiger partial charge in [-0.05, 0) is 36.5 Å². The van der Waals surface area contributed by atoms with Crippen molar-refractivity contribution in [3.63, 3.8) is 0 Å². The van der Waals surface area contributed by atoms with Crippen LogP contribution in [-0.2, 0) is 9.59 Å². The summed E-state index contributed by atoms with van der Waals surface area (Å²) in [5.74, 6) is 0.557. The van der Waals surface area contributed by atoms with Crippen LogP contribution in [-0.4, -0.2) is 16.7 Å². The molecule has 0 amide bonds. The quantitative estimate of drug-likeness (QED) is 0.529. The summed E-state index contributed by atoms with van der Waals surface area (Å²) in [5.41, 5.74) is 1.21. The van der Waals surface area contributed by atoms with Gasteiger partial charge in [0.1, 0.15) is 5.78 Å². The normalized spacial score (nSPS) is 26.9. The third kappa shape index (κ3) is 5.48. The standard InChI is InChI=1S/C9H14O2.C8H14O/c1-9(2)4-3-8(11)7(5-9)6-10;1-8(2)5-3-7(9)4-6-8/h6,10H,3-5H2,1-2H3;3-6H2,1-2H3. The monoisotopic (exact) mass is 280 g/mol. The molecule has 2 saturated carbocycles. The second-order valence-corrected chi connectivity index (χ2v) is 7.62. The maximum atomic E-state index is 11.1. The summed E-state index contributed by atoms with van der Waals surface area (Å²) in [6.07, 6.45) is 6.99. The van der Waals surface area contributed by atoms with Crippen LogP contribution < -0.4 is 0 Å². The average Bonchev–Trinajstić information content (AvgIpc) is 2.37. The van der Waals surface area contributed by atoms with E-state index in [2.05, 4.69) is 27.7 Å². The number of carbonyl (C=O) groups is 2. The van der Waals surface area contributed by atoms with Crippen LogP contribution in [0.1, 0.15) is 72.6 Å². The molecule has 0 unspecified atom stereocenters. The molecule has 0 radical (unpaired) electrons. The summed E-state index contributed by atoms with van der Waals surface area (Å²) in [6, 6.07) is 0. The molecule has 2 aliphatic carbocycles. The van der Waals surface area contributed by atoms with Crippen molar-refractivity contribution >= 4 is 11.6 Å². The van der Waals surface area contributed by atoms with Crippen LogP contribution in [0.5, 0.6) is 0 Å². The Labute approximate surface area is 122 Å². The maximum absolute atomic E-state index is 11.1. The van der Waals surface area contributed by atoms with E-state index in [1.807, 2.05) is 0 Å². The Morgan fingerprint density at radius 2 is 1.40 bits per heavy atom. The summed E-state index contributed by atoms with van der Waals surface area (Å²) in [5, 5.41) is 8.71. The van der Waals surface area contributed by atoms with E-state index in [-0.39, 0.29) is 11.2 Å². The molecule has 1 N–H and O–H groups in total. The molecule has 3 nitrogen and oxygen atoms in total. The first-order valence-electron chi connectivity index (χ1n) is 7.53. The van der Waals surface area contributed by atoms with Crippen molar-refractivity contribution in [3.8, 4) is 0 Å². The third-order valence-corrected chi connectivity index (χ3v) is 4.37. The Kier molecular flexibility index (Phi) is 5.55. The second kappa shape index (κ2) is 6.55. The van der Waals surface area contributed by atoms with E-state index in [0.29, 0.717) is 29.6 Å². The summed E-state index contributed by atoms with van der Waals surface area (Å²) >= 11 is 0. The molecule has 2 rings (SSSR count). The fourth-order valence-electron chi connectivity index (χ4n) is 2.64. The molecule has 20 heavy (non-hydrogen) atoms. The van der Waals surface area contributed by atoms with Gasteiger partial charge in [-0.15, -0.1) is 0 Å². The number of aliphatic hydroxyl groups is 1. The molecule has 0 aromatic carbocycles. The smallest absolute Gasteiger partial charge is 0.161 e. The molecule has 3 heteroatoms. The van der Waals surface area contributed by atoms with Crippen molar-refractivity contribution in [1.82, 2.24) is 0 Å². The Hall–Kier alpha value is -1.12. The van der Waals surface area contributed by atoms with Gasteiger partial charge in [-0.3, -0.25) is 9.59 Å². The minimum Gasteiger partial charge on any atom is -0.515 e. The summed E-state index contributed by atoms with van der Waals surface area (Å²) in [6.45, 7) is 8.70. The zero-order chi connectivity index (χ0) is 15.4. The zero-order valence-electron chi connectivity index (χ0n) is 13.3. The molecule has 0 spiro atoms. The second-order valence-electron chi connectivity index (χ2n) is 7.62. The zero-order valence-corrected chi connectivity index (χ0v) is 13.3. The van der Waals surface area contributed by atoms with Crippen molar-refractivity contribution in [2.24, 2.45) is 10.8 Å². The summed E-state index contributed by atoms with van der Waals surface area (Å²) in [7, 11) is 0. The van der Waals surface area contributed by atoms with Crippen molar-refractivity contribution in [1.29, 1.82) is 0 Å². The molecule has 0 heterocycles. The van der Waals surface area contributed by atoms with Crippen LogP contribution in [0.3, 0.4) is 0 Å². The Balaban J connectivity index is 0.000000204. The number of ketones is 2. The van der Waals surface area contributed by atoms with Crippen LogP contribution >= 0.6 is 0 Å².